The van der Waals surface area contributed by atoms with Gasteiger partial charge in [-0.1, -0.05) is 6.92 Å². The average molecular weight is 219 g/mol. The van der Waals surface area contributed by atoms with Gasteiger partial charge in [0.1, 0.15) is 0 Å². The van der Waals surface area contributed by atoms with E-state index in [1.54, 1.807) is 0 Å². The second kappa shape index (κ2) is 5.30. The number of pyridine rings is 1. The first kappa shape index (κ1) is 11.4. The molecule has 0 radical (unpaired) electrons. The van der Waals surface area contributed by atoms with Crippen LogP contribution >= 0.6 is 0 Å². The van der Waals surface area contributed by atoms with Crippen LogP contribution < -0.4 is 10.2 Å². The summed E-state index contributed by atoms with van der Waals surface area (Å²) in [6.07, 6.45) is 4.46. The molecule has 3 heteroatoms. The van der Waals surface area contributed by atoms with Crippen molar-refractivity contribution in [3.63, 3.8) is 0 Å². The zero-order chi connectivity index (χ0) is 11.4. The van der Waals surface area contributed by atoms with E-state index in [1.165, 1.54) is 18.5 Å². The van der Waals surface area contributed by atoms with Crippen LogP contribution in [0.4, 0.5) is 5.69 Å². The molecule has 1 aromatic rings. The highest BCUT2D eigenvalue weighted by Crippen LogP contribution is 2.19. The van der Waals surface area contributed by atoms with E-state index in [9.17, 15) is 0 Å². The Morgan fingerprint density at radius 2 is 2.12 bits per heavy atom. The number of aryl methyl sites for hydroxylation is 1. The molecule has 3 nitrogen and oxygen atoms in total. The van der Waals surface area contributed by atoms with Crippen LogP contribution in [0.2, 0.25) is 0 Å². The van der Waals surface area contributed by atoms with Crippen LogP contribution in [0.5, 0.6) is 0 Å². The van der Waals surface area contributed by atoms with Crippen LogP contribution in [-0.4, -0.2) is 30.7 Å². The third-order valence-corrected chi connectivity index (χ3v) is 3.25. The van der Waals surface area contributed by atoms with E-state index < -0.39 is 0 Å². The van der Waals surface area contributed by atoms with Crippen LogP contribution in [0, 0.1) is 6.92 Å². The first-order chi connectivity index (χ1) is 7.79. The molecule has 0 aliphatic carbocycles. The summed E-state index contributed by atoms with van der Waals surface area (Å²) in [5, 5.41) is 3.52. The molecule has 88 valence electrons. The van der Waals surface area contributed by atoms with E-state index >= 15 is 0 Å². The van der Waals surface area contributed by atoms with E-state index in [4.69, 9.17) is 0 Å². The number of piperidine rings is 1. The van der Waals surface area contributed by atoms with Crippen molar-refractivity contribution < 1.29 is 0 Å². The van der Waals surface area contributed by atoms with Gasteiger partial charge in [-0.2, -0.15) is 0 Å². The largest absolute Gasteiger partial charge is 0.370 e. The molecule has 2 heterocycles. The summed E-state index contributed by atoms with van der Waals surface area (Å²) < 4.78 is 0. The summed E-state index contributed by atoms with van der Waals surface area (Å²) in [4.78, 5) is 6.78. The van der Waals surface area contributed by atoms with Gasteiger partial charge in [0.15, 0.2) is 0 Å². The van der Waals surface area contributed by atoms with Crippen LogP contribution in [-0.2, 0) is 0 Å². The Labute approximate surface area is 97.9 Å². The van der Waals surface area contributed by atoms with E-state index in [-0.39, 0.29) is 0 Å². The maximum Gasteiger partial charge on any atom is 0.0552 e. The van der Waals surface area contributed by atoms with Crippen LogP contribution in [0.25, 0.3) is 0 Å². The zero-order valence-electron chi connectivity index (χ0n) is 10.2. The fourth-order valence-corrected chi connectivity index (χ4v) is 2.28. The van der Waals surface area contributed by atoms with Gasteiger partial charge in [-0.05, 0) is 38.4 Å². The Balaban J connectivity index is 1.91. The van der Waals surface area contributed by atoms with Gasteiger partial charge in [0.2, 0.25) is 0 Å². The molecule has 16 heavy (non-hydrogen) atoms. The van der Waals surface area contributed by atoms with Gasteiger partial charge in [0, 0.05) is 24.8 Å². The van der Waals surface area contributed by atoms with Gasteiger partial charge in [-0.3, -0.25) is 4.98 Å². The van der Waals surface area contributed by atoms with Crippen molar-refractivity contribution in [1.82, 2.24) is 10.3 Å². The zero-order valence-corrected chi connectivity index (χ0v) is 10.2. The lowest BCUT2D eigenvalue weighted by atomic mass is 10.0. The number of rotatable bonds is 3. The molecule has 1 fully saturated rings. The van der Waals surface area contributed by atoms with Gasteiger partial charge in [-0.15, -0.1) is 0 Å². The quantitative estimate of drug-likeness (QED) is 0.842. The smallest absolute Gasteiger partial charge is 0.0552 e. The number of aromatic nitrogens is 1. The molecule has 0 amide bonds. The SMILES string of the molecule is CCNC1CCN(c2ccc(C)nc2)CC1. The molecule has 1 N–H and O–H groups in total. The molecule has 1 aromatic heterocycles. The van der Waals surface area contributed by atoms with Gasteiger partial charge in [-0.25, -0.2) is 0 Å². The highest BCUT2D eigenvalue weighted by Gasteiger charge is 2.18. The molecular formula is C13H21N3. The normalized spacial score (nSPS) is 17.8. The van der Waals surface area contributed by atoms with E-state index in [0.29, 0.717) is 6.04 Å². The molecule has 1 saturated heterocycles. The van der Waals surface area contributed by atoms with E-state index in [1.807, 2.05) is 13.1 Å². The Bertz CT molecular complexity index is 312. The van der Waals surface area contributed by atoms with Gasteiger partial charge < -0.3 is 10.2 Å². The van der Waals surface area contributed by atoms with E-state index in [0.717, 1.165) is 25.3 Å². The Hall–Kier alpha value is -1.09. The van der Waals surface area contributed by atoms with Crippen molar-refractivity contribution in [2.45, 2.75) is 32.7 Å². The maximum absolute atomic E-state index is 4.35. The van der Waals surface area contributed by atoms with Crippen molar-refractivity contribution in [1.29, 1.82) is 0 Å². The molecule has 0 aromatic carbocycles. The lowest BCUT2D eigenvalue weighted by molar-refractivity contribution is 0.424. The summed E-state index contributed by atoms with van der Waals surface area (Å²) in [6.45, 7) is 7.57. The van der Waals surface area contributed by atoms with Crippen molar-refractivity contribution in [2.24, 2.45) is 0 Å². The maximum atomic E-state index is 4.35. The lowest BCUT2D eigenvalue weighted by Crippen LogP contribution is -2.42. The lowest BCUT2D eigenvalue weighted by Gasteiger charge is -2.33. The van der Waals surface area contributed by atoms with Crippen molar-refractivity contribution in [2.75, 3.05) is 24.5 Å². The van der Waals surface area contributed by atoms with E-state index in [2.05, 4.69) is 34.3 Å². The third kappa shape index (κ3) is 2.73. The molecule has 0 atom stereocenters. The predicted molar refractivity (Wildman–Crippen MR) is 67.9 cm³/mol. The first-order valence-electron chi connectivity index (χ1n) is 6.20. The number of anilines is 1. The summed E-state index contributed by atoms with van der Waals surface area (Å²) >= 11 is 0. The number of nitrogens with one attached hydrogen (secondary N) is 1. The molecule has 2 rings (SSSR count). The first-order valence-corrected chi connectivity index (χ1v) is 6.20. The molecule has 0 unspecified atom stereocenters. The minimum Gasteiger partial charge on any atom is -0.370 e. The van der Waals surface area contributed by atoms with Crippen molar-refractivity contribution in [3.8, 4) is 0 Å². The molecule has 1 aliphatic heterocycles. The van der Waals surface area contributed by atoms with Crippen LogP contribution in [0.3, 0.4) is 0 Å². The second-order valence-corrected chi connectivity index (χ2v) is 4.48. The van der Waals surface area contributed by atoms with Gasteiger partial charge >= 0.3 is 0 Å². The molecule has 1 aliphatic rings. The standard InChI is InChI=1S/C13H21N3/c1-3-14-12-6-8-16(9-7-12)13-5-4-11(2)15-10-13/h4-5,10,12,14H,3,6-9H2,1-2H3. The van der Waals surface area contributed by atoms with Gasteiger partial charge in [0.05, 0.1) is 11.9 Å². The minimum atomic E-state index is 0.708. The fourth-order valence-electron chi connectivity index (χ4n) is 2.28. The summed E-state index contributed by atoms with van der Waals surface area (Å²) in [6, 6.07) is 4.97. The Morgan fingerprint density at radius 3 is 2.69 bits per heavy atom. The minimum absolute atomic E-state index is 0.708. The molecule has 0 bridgehead atoms. The van der Waals surface area contributed by atoms with Crippen LogP contribution in [0.1, 0.15) is 25.5 Å². The Kier molecular flexibility index (Phi) is 3.78. The molecular weight excluding hydrogens is 198 g/mol. The van der Waals surface area contributed by atoms with Crippen molar-refractivity contribution in [3.05, 3.63) is 24.0 Å². The van der Waals surface area contributed by atoms with Gasteiger partial charge in [0.25, 0.3) is 0 Å². The van der Waals surface area contributed by atoms with Crippen LogP contribution in [0.15, 0.2) is 18.3 Å². The average Bonchev–Trinajstić information content (AvgIpc) is 2.32. The highest BCUT2D eigenvalue weighted by atomic mass is 15.2. The third-order valence-electron chi connectivity index (χ3n) is 3.25. The second-order valence-electron chi connectivity index (χ2n) is 4.48. The number of nitrogens with zero attached hydrogens (tertiary/aromatic N) is 2. The summed E-state index contributed by atoms with van der Waals surface area (Å²) in [5.74, 6) is 0. The van der Waals surface area contributed by atoms with Crippen molar-refractivity contribution >= 4 is 5.69 Å². The number of hydrogen-bond acceptors (Lipinski definition) is 3. The summed E-state index contributed by atoms with van der Waals surface area (Å²) in [5.41, 5.74) is 2.35. The monoisotopic (exact) mass is 219 g/mol. The predicted octanol–water partition coefficient (Wildman–Crippen LogP) is 1.97. The number of hydrogen-bond donors (Lipinski definition) is 1. The fraction of sp³-hybridized carbons (Fsp3) is 0.615. The Morgan fingerprint density at radius 1 is 1.38 bits per heavy atom. The highest BCUT2D eigenvalue weighted by molar-refractivity contribution is 5.44. The molecule has 0 spiro atoms. The summed E-state index contributed by atoms with van der Waals surface area (Å²) in [7, 11) is 0. The molecule has 0 saturated carbocycles. The topological polar surface area (TPSA) is 28.2 Å².